The summed E-state index contributed by atoms with van der Waals surface area (Å²) in [6.45, 7) is 3.83. The molecular formula is C14H16FN3S. The van der Waals surface area contributed by atoms with Crippen molar-refractivity contribution < 1.29 is 4.39 Å². The van der Waals surface area contributed by atoms with Crippen molar-refractivity contribution in [2.24, 2.45) is 0 Å². The van der Waals surface area contributed by atoms with Crippen LogP contribution in [-0.4, -0.2) is 16.7 Å². The number of rotatable bonds is 3. The highest BCUT2D eigenvalue weighted by Crippen LogP contribution is 2.27. The molecule has 1 aliphatic heterocycles. The van der Waals surface area contributed by atoms with Crippen molar-refractivity contribution in [3.8, 4) is 0 Å². The van der Waals surface area contributed by atoms with Crippen molar-refractivity contribution >= 4 is 16.5 Å². The largest absolute Gasteiger partial charge is 0.342 e. The standard InChI is InChI=1S/C14H16FN3S/c1-2-3-13-16-17-14(19-13)18-7-6-10-8-12(15)5-4-11(10)9-18/h4-5,8H,2-3,6-7,9H2,1H3. The summed E-state index contributed by atoms with van der Waals surface area (Å²) in [5.41, 5.74) is 2.31. The number of hydrogen-bond acceptors (Lipinski definition) is 4. The average molecular weight is 277 g/mol. The van der Waals surface area contributed by atoms with E-state index in [1.807, 2.05) is 6.07 Å². The van der Waals surface area contributed by atoms with Crippen molar-refractivity contribution in [3.05, 3.63) is 40.2 Å². The van der Waals surface area contributed by atoms with Crippen LogP contribution in [0.4, 0.5) is 9.52 Å². The molecule has 0 radical (unpaired) electrons. The van der Waals surface area contributed by atoms with Crippen molar-refractivity contribution in [2.75, 3.05) is 11.4 Å². The molecule has 3 nitrogen and oxygen atoms in total. The number of anilines is 1. The summed E-state index contributed by atoms with van der Waals surface area (Å²) in [7, 11) is 0. The molecule has 0 bridgehead atoms. The highest BCUT2D eigenvalue weighted by Gasteiger charge is 2.19. The Morgan fingerprint density at radius 3 is 3.05 bits per heavy atom. The van der Waals surface area contributed by atoms with Crippen molar-refractivity contribution in [1.82, 2.24) is 10.2 Å². The normalized spacial score (nSPS) is 14.5. The fourth-order valence-corrected chi connectivity index (χ4v) is 3.34. The number of benzene rings is 1. The summed E-state index contributed by atoms with van der Waals surface area (Å²) in [4.78, 5) is 2.23. The van der Waals surface area contributed by atoms with Gasteiger partial charge in [-0.05, 0) is 36.1 Å². The van der Waals surface area contributed by atoms with Gasteiger partial charge in [0.1, 0.15) is 10.8 Å². The van der Waals surface area contributed by atoms with Gasteiger partial charge in [-0.3, -0.25) is 0 Å². The van der Waals surface area contributed by atoms with E-state index in [1.54, 1.807) is 17.4 Å². The molecular weight excluding hydrogens is 261 g/mol. The maximum absolute atomic E-state index is 13.2. The molecule has 100 valence electrons. The highest BCUT2D eigenvalue weighted by atomic mass is 32.1. The minimum absolute atomic E-state index is 0.145. The van der Waals surface area contributed by atoms with Gasteiger partial charge in [0.05, 0.1) is 0 Å². The van der Waals surface area contributed by atoms with Crippen LogP contribution in [0, 0.1) is 5.82 Å². The minimum Gasteiger partial charge on any atom is -0.342 e. The third kappa shape index (κ3) is 2.61. The fourth-order valence-electron chi connectivity index (χ4n) is 2.37. The smallest absolute Gasteiger partial charge is 0.208 e. The molecule has 0 N–H and O–H groups in total. The Morgan fingerprint density at radius 1 is 1.32 bits per heavy atom. The van der Waals surface area contributed by atoms with Crippen LogP contribution in [0.15, 0.2) is 18.2 Å². The van der Waals surface area contributed by atoms with Crippen molar-refractivity contribution in [1.29, 1.82) is 0 Å². The molecule has 1 aromatic heterocycles. The van der Waals surface area contributed by atoms with E-state index in [4.69, 9.17) is 0 Å². The highest BCUT2D eigenvalue weighted by molar-refractivity contribution is 7.15. The Labute approximate surface area is 116 Å². The third-order valence-electron chi connectivity index (χ3n) is 3.37. The minimum atomic E-state index is -0.145. The van der Waals surface area contributed by atoms with Crippen LogP contribution < -0.4 is 4.90 Å². The molecule has 19 heavy (non-hydrogen) atoms. The predicted octanol–water partition coefficient (Wildman–Crippen LogP) is 3.19. The molecule has 0 atom stereocenters. The zero-order valence-electron chi connectivity index (χ0n) is 10.9. The number of fused-ring (bicyclic) bond motifs is 1. The zero-order valence-corrected chi connectivity index (χ0v) is 11.7. The molecule has 0 unspecified atom stereocenters. The summed E-state index contributed by atoms with van der Waals surface area (Å²) in [5.74, 6) is -0.145. The molecule has 0 fully saturated rings. The van der Waals surface area contributed by atoms with Gasteiger partial charge in [-0.15, -0.1) is 10.2 Å². The summed E-state index contributed by atoms with van der Waals surface area (Å²) >= 11 is 1.67. The number of aromatic nitrogens is 2. The summed E-state index contributed by atoms with van der Waals surface area (Å²) in [5, 5.41) is 10.6. The first-order valence-electron chi connectivity index (χ1n) is 6.61. The van der Waals surface area contributed by atoms with Crippen LogP contribution in [0.2, 0.25) is 0 Å². The second-order valence-corrected chi connectivity index (χ2v) is 5.85. The molecule has 1 aliphatic rings. The maximum Gasteiger partial charge on any atom is 0.208 e. The second kappa shape index (κ2) is 5.25. The van der Waals surface area contributed by atoms with E-state index < -0.39 is 0 Å². The number of aryl methyl sites for hydroxylation is 1. The van der Waals surface area contributed by atoms with Gasteiger partial charge in [-0.25, -0.2) is 4.39 Å². The lowest BCUT2D eigenvalue weighted by Crippen LogP contribution is -2.30. The Hall–Kier alpha value is -1.49. The van der Waals surface area contributed by atoms with E-state index in [9.17, 15) is 4.39 Å². The van der Waals surface area contributed by atoms with Gasteiger partial charge in [0, 0.05) is 19.5 Å². The van der Waals surface area contributed by atoms with E-state index in [-0.39, 0.29) is 5.82 Å². The Morgan fingerprint density at radius 2 is 2.21 bits per heavy atom. The first-order valence-corrected chi connectivity index (χ1v) is 7.42. The second-order valence-electron chi connectivity index (χ2n) is 4.81. The molecule has 2 aromatic rings. The lowest BCUT2D eigenvalue weighted by Gasteiger charge is -2.27. The van der Waals surface area contributed by atoms with Gasteiger partial charge in [0.2, 0.25) is 5.13 Å². The zero-order chi connectivity index (χ0) is 13.2. The number of nitrogens with zero attached hydrogens (tertiary/aromatic N) is 3. The first-order chi connectivity index (χ1) is 9.26. The Kier molecular flexibility index (Phi) is 3.46. The first kappa shape index (κ1) is 12.5. The molecule has 1 aromatic carbocycles. The van der Waals surface area contributed by atoms with Gasteiger partial charge in [0.15, 0.2) is 0 Å². The van der Waals surface area contributed by atoms with Crippen molar-refractivity contribution in [3.63, 3.8) is 0 Å². The van der Waals surface area contributed by atoms with Gasteiger partial charge in [-0.1, -0.05) is 24.3 Å². The maximum atomic E-state index is 13.2. The molecule has 3 rings (SSSR count). The summed E-state index contributed by atoms with van der Waals surface area (Å²) < 4.78 is 13.2. The van der Waals surface area contributed by atoms with Gasteiger partial charge in [0.25, 0.3) is 0 Å². The number of halogens is 1. The van der Waals surface area contributed by atoms with Gasteiger partial charge < -0.3 is 4.90 Å². The van der Waals surface area contributed by atoms with Crippen LogP contribution >= 0.6 is 11.3 Å². The van der Waals surface area contributed by atoms with Gasteiger partial charge in [-0.2, -0.15) is 0 Å². The van der Waals surface area contributed by atoms with E-state index in [0.717, 1.165) is 48.1 Å². The molecule has 2 heterocycles. The van der Waals surface area contributed by atoms with E-state index >= 15 is 0 Å². The van der Waals surface area contributed by atoms with Crippen LogP contribution in [-0.2, 0) is 19.4 Å². The van der Waals surface area contributed by atoms with Crippen LogP contribution in [0.3, 0.4) is 0 Å². The van der Waals surface area contributed by atoms with Crippen LogP contribution in [0.25, 0.3) is 0 Å². The average Bonchev–Trinajstić information content (AvgIpc) is 2.87. The molecule has 0 spiro atoms. The van der Waals surface area contributed by atoms with E-state index in [2.05, 4.69) is 22.0 Å². The molecule has 5 heteroatoms. The quantitative estimate of drug-likeness (QED) is 0.862. The number of hydrogen-bond donors (Lipinski definition) is 0. The van der Waals surface area contributed by atoms with Crippen molar-refractivity contribution in [2.45, 2.75) is 32.7 Å². The molecule has 0 saturated carbocycles. The Bertz CT molecular complexity index is 582. The Balaban J connectivity index is 1.79. The van der Waals surface area contributed by atoms with E-state index in [1.165, 1.54) is 11.6 Å². The van der Waals surface area contributed by atoms with Gasteiger partial charge >= 0.3 is 0 Å². The lowest BCUT2D eigenvalue weighted by molar-refractivity contribution is 0.619. The SMILES string of the molecule is CCCc1nnc(N2CCc3cc(F)ccc3C2)s1. The summed E-state index contributed by atoms with van der Waals surface area (Å²) in [6.07, 6.45) is 2.96. The predicted molar refractivity (Wildman–Crippen MR) is 75.1 cm³/mol. The molecule has 0 saturated heterocycles. The van der Waals surface area contributed by atoms with Crippen LogP contribution in [0.5, 0.6) is 0 Å². The van der Waals surface area contributed by atoms with E-state index in [0.29, 0.717) is 0 Å². The topological polar surface area (TPSA) is 29.0 Å². The van der Waals surface area contributed by atoms with Crippen LogP contribution in [0.1, 0.15) is 29.5 Å². The molecule has 0 aliphatic carbocycles. The monoisotopic (exact) mass is 277 g/mol. The lowest BCUT2D eigenvalue weighted by atomic mass is 10.0. The fraction of sp³-hybridized carbons (Fsp3) is 0.429. The third-order valence-corrected chi connectivity index (χ3v) is 4.41. The summed E-state index contributed by atoms with van der Waals surface area (Å²) in [6, 6.07) is 5.06. The molecule has 0 amide bonds.